The maximum atomic E-state index is 12.3. The van der Waals surface area contributed by atoms with Crippen molar-refractivity contribution >= 4 is 5.78 Å². The molecule has 0 spiro atoms. The molecule has 0 aromatic heterocycles. The molecule has 3 heteroatoms. The molecule has 3 nitrogen and oxygen atoms in total. The zero-order valence-corrected chi connectivity index (χ0v) is 10.0. The normalized spacial score (nSPS) is 23.4. The molecule has 2 aliphatic carbocycles. The number of benzene rings is 1. The lowest BCUT2D eigenvalue weighted by atomic mass is 9.87. The molecule has 1 atom stereocenters. The van der Waals surface area contributed by atoms with Crippen molar-refractivity contribution in [3.05, 3.63) is 29.3 Å². The van der Waals surface area contributed by atoms with E-state index in [9.17, 15) is 4.79 Å². The third-order valence-electron chi connectivity index (χ3n) is 3.62. The number of hydrogen-bond acceptors (Lipinski definition) is 3. The lowest BCUT2D eigenvalue weighted by Gasteiger charge is -2.24. The molecule has 2 aliphatic rings. The van der Waals surface area contributed by atoms with Gasteiger partial charge in [-0.15, -0.1) is 0 Å². The first kappa shape index (κ1) is 10.8. The third kappa shape index (κ3) is 2.07. The van der Waals surface area contributed by atoms with Crippen LogP contribution in [0.2, 0.25) is 0 Å². The number of aryl methyl sites for hydroxylation is 1. The summed E-state index contributed by atoms with van der Waals surface area (Å²) in [6.45, 7) is 0. The highest BCUT2D eigenvalue weighted by Crippen LogP contribution is 2.28. The minimum atomic E-state index is 0.0158. The van der Waals surface area contributed by atoms with E-state index in [0.29, 0.717) is 6.04 Å². The van der Waals surface area contributed by atoms with Gasteiger partial charge in [-0.05, 0) is 43.4 Å². The summed E-state index contributed by atoms with van der Waals surface area (Å²) < 4.78 is 5.18. The van der Waals surface area contributed by atoms with Crippen LogP contribution >= 0.6 is 0 Å². The molecule has 3 rings (SSSR count). The molecule has 0 radical (unpaired) electrons. The van der Waals surface area contributed by atoms with Gasteiger partial charge in [-0.2, -0.15) is 0 Å². The lowest BCUT2D eigenvalue weighted by molar-refractivity contribution is 0.0926. The van der Waals surface area contributed by atoms with Crippen LogP contribution in [0.1, 0.15) is 35.2 Å². The van der Waals surface area contributed by atoms with Crippen LogP contribution in [0.4, 0.5) is 0 Å². The molecule has 1 aromatic rings. The highest BCUT2D eigenvalue weighted by molar-refractivity contribution is 6.02. The summed E-state index contributed by atoms with van der Waals surface area (Å²) >= 11 is 0. The SMILES string of the molecule is COc1ccc2c(c1)C(=O)C(NC1CC1)CC2. The maximum Gasteiger partial charge on any atom is 0.180 e. The second-order valence-electron chi connectivity index (χ2n) is 4.92. The molecule has 0 aliphatic heterocycles. The molecule has 1 unspecified atom stereocenters. The first-order valence-electron chi connectivity index (χ1n) is 6.25. The number of nitrogens with one attached hydrogen (secondary N) is 1. The Morgan fingerprint density at radius 2 is 2.12 bits per heavy atom. The molecular formula is C14H17NO2. The highest BCUT2D eigenvalue weighted by atomic mass is 16.5. The number of Topliss-reactive ketones (excluding diaryl/α,β-unsaturated/α-hetero) is 1. The summed E-state index contributed by atoms with van der Waals surface area (Å²) in [5.74, 6) is 1.00. The molecule has 1 aromatic carbocycles. The van der Waals surface area contributed by atoms with E-state index in [1.54, 1.807) is 7.11 Å². The number of ketones is 1. The summed E-state index contributed by atoms with van der Waals surface area (Å²) in [5.41, 5.74) is 2.00. The van der Waals surface area contributed by atoms with Gasteiger partial charge in [-0.25, -0.2) is 0 Å². The molecule has 0 amide bonds. The number of carbonyl (C=O) groups is 1. The van der Waals surface area contributed by atoms with Crippen LogP contribution in [0.15, 0.2) is 18.2 Å². The van der Waals surface area contributed by atoms with Gasteiger partial charge in [0.2, 0.25) is 0 Å². The third-order valence-corrected chi connectivity index (χ3v) is 3.62. The van der Waals surface area contributed by atoms with Crippen molar-refractivity contribution in [2.45, 2.75) is 37.8 Å². The Bertz CT molecular complexity index is 452. The van der Waals surface area contributed by atoms with Crippen molar-refractivity contribution < 1.29 is 9.53 Å². The quantitative estimate of drug-likeness (QED) is 0.864. The fourth-order valence-electron chi connectivity index (χ4n) is 2.44. The van der Waals surface area contributed by atoms with Gasteiger partial charge in [0.25, 0.3) is 0 Å². The summed E-state index contributed by atoms with van der Waals surface area (Å²) in [6, 6.07) is 6.41. The predicted octanol–water partition coefficient (Wildman–Crippen LogP) is 1.94. The lowest BCUT2D eigenvalue weighted by Crippen LogP contribution is -2.41. The van der Waals surface area contributed by atoms with Crippen molar-refractivity contribution in [1.29, 1.82) is 0 Å². The van der Waals surface area contributed by atoms with Gasteiger partial charge >= 0.3 is 0 Å². The molecule has 0 bridgehead atoms. The molecule has 1 N–H and O–H groups in total. The first-order chi connectivity index (χ1) is 8.28. The minimum absolute atomic E-state index is 0.0158. The number of rotatable bonds is 3. The fourth-order valence-corrected chi connectivity index (χ4v) is 2.44. The van der Waals surface area contributed by atoms with Crippen LogP contribution in [0, 0.1) is 0 Å². The van der Waals surface area contributed by atoms with E-state index in [-0.39, 0.29) is 11.8 Å². The second kappa shape index (κ2) is 4.15. The average Bonchev–Trinajstić information content (AvgIpc) is 3.16. The summed E-state index contributed by atoms with van der Waals surface area (Å²) in [6.07, 6.45) is 4.34. The van der Waals surface area contributed by atoms with Crippen LogP contribution in [-0.4, -0.2) is 25.0 Å². The van der Waals surface area contributed by atoms with E-state index in [0.717, 1.165) is 29.7 Å². The Hall–Kier alpha value is -1.35. The highest BCUT2D eigenvalue weighted by Gasteiger charge is 2.32. The topological polar surface area (TPSA) is 38.3 Å². The predicted molar refractivity (Wildman–Crippen MR) is 65.6 cm³/mol. The Balaban J connectivity index is 1.86. The number of fused-ring (bicyclic) bond motifs is 1. The van der Waals surface area contributed by atoms with Gasteiger partial charge in [0.05, 0.1) is 13.2 Å². The molecule has 1 saturated carbocycles. The Morgan fingerprint density at radius 1 is 1.29 bits per heavy atom. The molecule has 0 heterocycles. The standard InChI is InChI=1S/C14H17NO2/c1-17-11-6-2-9-3-7-13(15-10-4-5-10)14(16)12(9)8-11/h2,6,8,10,13,15H,3-5,7H2,1H3. The Labute approximate surface area is 101 Å². The summed E-state index contributed by atoms with van der Waals surface area (Å²) in [5, 5.41) is 3.43. The van der Waals surface area contributed by atoms with E-state index in [4.69, 9.17) is 4.74 Å². The van der Waals surface area contributed by atoms with Gasteiger partial charge < -0.3 is 10.1 Å². The van der Waals surface area contributed by atoms with Gasteiger partial charge in [0.1, 0.15) is 5.75 Å². The summed E-state index contributed by atoms with van der Waals surface area (Å²) in [4.78, 5) is 12.3. The van der Waals surface area contributed by atoms with Crippen LogP contribution in [0.3, 0.4) is 0 Å². The second-order valence-corrected chi connectivity index (χ2v) is 4.92. The van der Waals surface area contributed by atoms with Crippen molar-refractivity contribution in [2.75, 3.05) is 7.11 Å². The zero-order valence-electron chi connectivity index (χ0n) is 10.0. The summed E-state index contributed by atoms with van der Waals surface area (Å²) in [7, 11) is 1.63. The number of methoxy groups -OCH3 is 1. The largest absolute Gasteiger partial charge is 0.497 e. The number of hydrogen-bond donors (Lipinski definition) is 1. The maximum absolute atomic E-state index is 12.3. The number of ether oxygens (including phenoxy) is 1. The van der Waals surface area contributed by atoms with Crippen LogP contribution < -0.4 is 10.1 Å². The van der Waals surface area contributed by atoms with Crippen molar-refractivity contribution in [3.63, 3.8) is 0 Å². The smallest absolute Gasteiger partial charge is 0.180 e. The van der Waals surface area contributed by atoms with Crippen LogP contribution in [0.25, 0.3) is 0 Å². The molecule has 17 heavy (non-hydrogen) atoms. The average molecular weight is 231 g/mol. The van der Waals surface area contributed by atoms with E-state index in [1.165, 1.54) is 12.8 Å². The van der Waals surface area contributed by atoms with Crippen molar-refractivity contribution in [3.8, 4) is 5.75 Å². The first-order valence-corrected chi connectivity index (χ1v) is 6.25. The van der Waals surface area contributed by atoms with Gasteiger partial charge in [-0.3, -0.25) is 4.79 Å². The monoisotopic (exact) mass is 231 g/mol. The Kier molecular flexibility index (Phi) is 2.63. The van der Waals surface area contributed by atoms with E-state index in [2.05, 4.69) is 5.32 Å². The number of carbonyl (C=O) groups excluding carboxylic acids is 1. The molecule has 90 valence electrons. The molecule has 1 fully saturated rings. The van der Waals surface area contributed by atoms with E-state index in [1.807, 2.05) is 18.2 Å². The molecular weight excluding hydrogens is 214 g/mol. The fraction of sp³-hybridized carbons (Fsp3) is 0.500. The van der Waals surface area contributed by atoms with Crippen LogP contribution in [0.5, 0.6) is 5.75 Å². The van der Waals surface area contributed by atoms with E-state index >= 15 is 0 Å². The van der Waals surface area contributed by atoms with Crippen molar-refractivity contribution in [2.24, 2.45) is 0 Å². The minimum Gasteiger partial charge on any atom is -0.497 e. The molecule has 0 saturated heterocycles. The van der Waals surface area contributed by atoms with Gasteiger partial charge in [-0.1, -0.05) is 6.07 Å². The van der Waals surface area contributed by atoms with Crippen molar-refractivity contribution in [1.82, 2.24) is 5.32 Å². The zero-order chi connectivity index (χ0) is 11.8. The van der Waals surface area contributed by atoms with E-state index < -0.39 is 0 Å². The van der Waals surface area contributed by atoms with Gasteiger partial charge in [0, 0.05) is 11.6 Å². The van der Waals surface area contributed by atoms with Crippen LogP contribution in [-0.2, 0) is 6.42 Å². The Morgan fingerprint density at radius 3 is 2.82 bits per heavy atom. The van der Waals surface area contributed by atoms with Gasteiger partial charge in [0.15, 0.2) is 5.78 Å².